The van der Waals surface area contributed by atoms with Crippen molar-refractivity contribution in [1.29, 1.82) is 0 Å². The van der Waals surface area contributed by atoms with Crippen LogP contribution in [0.2, 0.25) is 0 Å². The van der Waals surface area contributed by atoms with Crippen molar-refractivity contribution in [3.05, 3.63) is 58.1 Å². The fourth-order valence-corrected chi connectivity index (χ4v) is 2.95. The predicted molar refractivity (Wildman–Crippen MR) is 123 cm³/mol. The number of carbonyl (C=O) groups excluding carboxylic acids is 2. The third kappa shape index (κ3) is 7.64. The zero-order valence-corrected chi connectivity index (χ0v) is 19.2. The van der Waals surface area contributed by atoms with Crippen molar-refractivity contribution >= 4 is 45.1 Å². The van der Waals surface area contributed by atoms with Crippen LogP contribution in [0.3, 0.4) is 0 Å². The Morgan fingerprint density at radius 3 is 2.53 bits per heavy atom. The molecule has 0 aliphatic rings. The normalized spacial score (nSPS) is 10.1. The van der Waals surface area contributed by atoms with Crippen molar-refractivity contribution in [1.82, 2.24) is 16.2 Å². The highest BCUT2D eigenvalue weighted by Crippen LogP contribution is 2.26. The lowest BCUT2D eigenvalue weighted by Crippen LogP contribution is -2.49. The summed E-state index contributed by atoms with van der Waals surface area (Å²) in [5.74, 6) is 0.433. The van der Waals surface area contributed by atoms with Gasteiger partial charge in [-0.25, -0.2) is 0 Å². The maximum absolute atomic E-state index is 12.3. The molecule has 0 fully saturated rings. The van der Waals surface area contributed by atoms with Gasteiger partial charge in [0.1, 0.15) is 11.5 Å². The molecule has 0 spiro atoms. The zero-order chi connectivity index (χ0) is 21.9. The smallest absolute Gasteiger partial charge is 0.276 e. The second kappa shape index (κ2) is 12.1. The number of carbonyl (C=O) groups is 2. The van der Waals surface area contributed by atoms with E-state index in [1.54, 1.807) is 24.3 Å². The lowest BCUT2D eigenvalue weighted by atomic mass is 10.2. The van der Waals surface area contributed by atoms with Crippen molar-refractivity contribution < 1.29 is 19.1 Å². The standard InChI is InChI=1S/C21H24BrN3O4S/c1-3-4-11-28-18-10-9-15(12-16(18)22)20(27)23-21(30)25-24-19(26)13-29-17-8-6-5-7-14(17)2/h5-10,12H,3-4,11,13H2,1-2H3,(H,24,26)(H2,23,25,27,30). The van der Waals surface area contributed by atoms with Gasteiger partial charge in [0.15, 0.2) is 11.7 Å². The van der Waals surface area contributed by atoms with Gasteiger partial charge in [0.25, 0.3) is 11.8 Å². The van der Waals surface area contributed by atoms with E-state index in [1.165, 1.54) is 0 Å². The fourth-order valence-electron chi connectivity index (χ4n) is 2.32. The monoisotopic (exact) mass is 493 g/mol. The number of rotatable bonds is 8. The molecule has 160 valence electrons. The predicted octanol–water partition coefficient (Wildman–Crippen LogP) is 3.65. The zero-order valence-electron chi connectivity index (χ0n) is 16.8. The fraction of sp³-hybridized carbons (Fsp3) is 0.286. The van der Waals surface area contributed by atoms with Crippen LogP contribution in [0.5, 0.6) is 11.5 Å². The molecule has 9 heteroatoms. The highest BCUT2D eigenvalue weighted by atomic mass is 79.9. The molecule has 0 aliphatic carbocycles. The SMILES string of the molecule is CCCCOc1ccc(C(=O)NC(=S)NNC(=O)COc2ccccc2C)cc1Br. The molecule has 0 radical (unpaired) electrons. The van der Waals surface area contributed by atoms with Crippen molar-refractivity contribution in [3.63, 3.8) is 0 Å². The number of ether oxygens (including phenoxy) is 2. The summed E-state index contributed by atoms with van der Waals surface area (Å²) in [4.78, 5) is 24.2. The van der Waals surface area contributed by atoms with Crippen LogP contribution >= 0.6 is 28.1 Å². The Hall–Kier alpha value is -2.65. The summed E-state index contributed by atoms with van der Waals surface area (Å²) >= 11 is 8.44. The Labute approximate surface area is 189 Å². The third-order valence-corrected chi connectivity index (χ3v) is 4.77. The van der Waals surface area contributed by atoms with Crippen LogP contribution in [0.1, 0.15) is 35.7 Å². The number of para-hydroxylation sites is 1. The van der Waals surface area contributed by atoms with Gasteiger partial charge in [0, 0.05) is 5.56 Å². The van der Waals surface area contributed by atoms with Gasteiger partial charge in [-0.1, -0.05) is 31.5 Å². The molecule has 0 bridgehead atoms. The van der Waals surface area contributed by atoms with Crippen LogP contribution in [0.25, 0.3) is 0 Å². The lowest BCUT2D eigenvalue weighted by Gasteiger charge is -2.13. The molecule has 2 aromatic rings. The molecule has 0 saturated carbocycles. The minimum Gasteiger partial charge on any atom is -0.492 e. The van der Waals surface area contributed by atoms with Crippen molar-refractivity contribution in [2.45, 2.75) is 26.7 Å². The van der Waals surface area contributed by atoms with Crippen LogP contribution in [0.15, 0.2) is 46.9 Å². The summed E-state index contributed by atoms with van der Waals surface area (Å²) < 4.78 is 11.8. The Morgan fingerprint density at radius 1 is 1.07 bits per heavy atom. The number of halogens is 1. The average Bonchev–Trinajstić information content (AvgIpc) is 2.73. The highest BCUT2D eigenvalue weighted by Gasteiger charge is 2.12. The van der Waals surface area contributed by atoms with Gasteiger partial charge in [-0.05, 0) is 71.3 Å². The number of aryl methyl sites for hydroxylation is 1. The minimum absolute atomic E-state index is 0.0383. The Kier molecular flexibility index (Phi) is 9.56. The molecule has 2 rings (SSSR count). The van der Waals surface area contributed by atoms with Crippen molar-refractivity contribution in [3.8, 4) is 11.5 Å². The van der Waals surface area contributed by atoms with Crippen molar-refractivity contribution in [2.75, 3.05) is 13.2 Å². The second-order valence-electron chi connectivity index (χ2n) is 6.36. The van der Waals surface area contributed by atoms with E-state index in [-0.39, 0.29) is 11.7 Å². The number of benzene rings is 2. The number of hydrogen-bond acceptors (Lipinski definition) is 5. The van der Waals surface area contributed by atoms with E-state index in [4.69, 9.17) is 21.7 Å². The first-order valence-corrected chi connectivity index (χ1v) is 10.6. The molecule has 0 aliphatic heterocycles. The van der Waals surface area contributed by atoms with Crippen LogP contribution in [-0.2, 0) is 4.79 Å². The topological polar surface area (TPSA) is 88.7 Å². The molecular weight excluding hydrogens is 470 g/mol. The number of thiocarbonyl (C=S) groups is 1. The van der Waals surface area contributed by atoms with E-state index in [2.05, 4.69) is 39.0 Å². The molecule has 30 heavy (non-hydrogen) atoms. The summed E-state index contributed by atoms with van der Waals surface area (Å²) in [5.41, 5.74) is 6.17. The van der Waals surface area contributed by atoms with Gasteiger partial charge in [-0.3, -0.25) is 25.8 Å². The molecule has 7 nitrogen and oxygen atoms in total. The van der Waals surface area contributed by atoms with Gasteiger partial charge >= 0.3 is 0 Å². The van der Waals surface area contributed by atoms with Gasteiger partial charge in [0.05, 0.1) is 11.1 Å². The van der Waals surface area contributed by atoms with E-state index in [0.29, 0.717) is 28.1 Å². The molecule has 0 unspecified atom stereocenters. The molecular formula is C21H24BrN3O4S. The number of unbranched alkanes of at least 4 members (excludes halogenated alkanes) is 1. The first-order chi connectivity index (χ1) is 14.4. The van der Waals surface area contributed by atoms with Gasteiger partial charge in [-0.15, -0.1) is 0 Å². The van der Waals surface area contributed by atoms with E-state index in [0.717, 1.165) is 18.4 Å². The molecule has 0 heterocycles. The Balaban J connectivity index is 1.77. The Morgan fingerprint density at radius 2 is 1.83 bits per heavy atom. The summed E-state index contributed by atoms with van der Waals surface area (Å²) in [6.45, 7) is 4.39. The molecule has 2 amide bonds. The minimum atomic E-state index is -0.439. The van der Waals surface area contributed by atoms with Crippen LogP contribution < -0.4 is 25.6 Å². The Bertz CT molecular complexity index is 908. The molecule has 3 N–H and O–H groups in total. The molecule has 0 saturated heterocycles. The number of hydrogen-bond donors (Lipinski definition) is 3. The molecule has 2 aromatic carbocycles. The van der Waals surface area contributed by atoms with Crippen LogP contribution in [0.4, 0.5) is 0 Å². The van der Waals surface area contributed by atoms with Crippen LogP contribution in [0, 0.1) is 6.92 Å². The lowest BCUT2D eigenvalue weighted by molar-refractivity contribution is -0.123. The first-order valence-electron chi connectivity index (χ1n) is 9.41. The van der Waals surface area contributed by atoms with Gasteiger partial charge in [-0.2, -0.15) is 0 Å². The first kappa shape index (κ1) is 23.6. The largest absolute Gasteiger partial charge is 0.492 e. The van der Waals surface area contributed by atoms with E-state index in [1.807, 2.05) is 25.1 Å². The number of nitrogens with one attached hydrogen (secondary N) is 3. The average molecular weight is 494 g/mol. The van der Waals surface area contributed by atoms with Gasteiger partial charge < -0.3 is 9.47 Å². The summed E-state index contributed by atoms with van der Waals surface area (Å²) in [7, 11) is 0. The van der Waals surface area contributed by atoms with E-state index in [9.17, 15) is 9.59 Å². The highest BCUT2D eigenvalue weighted by molar-refractivity contribution is 9.10. The summed E-state index contributed by atoms with van der Waals surface area (Å²) in [6.07, 6.45) is 1.99. The quantitative estimate of drug-likeness (QED) is 0.295. The third-order valence-electron chi connectivity index (χ3n) is 3.94. The maximum Gasteiger partial charge on any atom is 0.276 e. The van der Waals surface area contributed by atoms with E-state index < -0.39 is 11.8 Å². The van der Waals surface area contributed by atoms with Crippen LogP contribution in [-0.4, -0.2) is 30.1 Å². The number of hydrazine groups is 1. The van der Waals surface area contributed by atoms with Gasteiger partial charge in [0.2, 0.25) is 0 Å². The summed E-state index contributed by atoms with van der Waals surface area (Å²) in [5, 5.41) is 2.46. The summed E-state index contributed by atoms with van der Waals surface area (Å²) in [6, 6.07) is 12.4. The molecule has 0 aromatic heterocycles. The molecule has 0 atom stereocenters. The maximum atomic E-state index is 12.3. The second-order valence-corrected chi connectivity index (χ2v) is 7.62. The number of amides is 2. The van der Waals surface area contributed by atoms with E-state index >= 15 is 0 Å². The van der Waals surface area contributed by atoms with Crippen molar-refractivity contribution in [2.24, 2.45) is 0 Å².